The summed E-state index contributed by atoms with van der Waals surface area (Å²) in [6.07, 6.45) is 2.43. The van der Waals surface area contributed by atoms with E-state index >= 15 is 0 Å². The first-order valence-corrected chi connectivity index (χ1v) is 9.48. The molecule has 1 aromatic carbocycles. The highest BCUT2D eigenvalue weighted by Crippen LogP contribution is 2.31. The number of rotatable bonds is 5. The van der Waals surface area contributed by atoms with Crippen LogP contribution in [0.15, 0.2) is 18.2 Å². The number of benzene rings is 1. The summed E-state index contributed by atoms with van der Waals surface area (Å²) in [7, 11) is 1.33. The predicted octanol–water partition coefficient (Wildman–Crippen LogP) is 2.27. The summed E-state index contributed by atoms with van der Waals surface area (Å²) in [5, 5.41) is 2.96. The maximum Gasteiger partial charge on any atom is 0.337 e. The summed E-state index contributed by atoms with van der Waals surface area (Å²) >= 11 is 0. The van der Waals surface area contributed by atoms with Gasteiger partial charge in [-0.05, 0) is 44.9 Å². The molecular weight excluding hydrogens is 346 g/mol. The number of amides is 2. The Labute approximate surface area is 159 Å². The van der Waals surface area contributed by atoms with E-state index in [1.165, 1.54) is 7.11 Å². The monoisotopic (exact) mass is 373 g/mol. The van der Waals surface area contributed by atoms with E-state index in [1.54, 1.807) is 17.0 Å². The third-order valence-corrected chi connectivity index (χ3v) is 5.27. The van der Waals surface area contributed by atoms with Crippen LogP contribution in [0.3, 0.4) is 0 Å². The lowest BCUT2D eigenvalue weighted by atomic mass is 10.1. The molecule has 0 saturated carbocycles. The van der Waals surface area contributed by atoms with Crippen molar-refractivity contribution in [2.24, 2.45) is 5.92 Å². The van der Waals surface area contributed by atoms with Crippen molar-refractivity contribution in [3.8, 4) is 0 Å². The van der Waals surface area contributed by atoms with Gasteiger partial charge in [0.15, 0.2) is 0 Å². The molecule has 2 saturated heterocycles. The SMILES string of the molecule is COC(=O)c1ccc(N2CCCC2)c(NC(=O)C2CC(=O)N(C(C)C)C2)c1. The molecule has 3 rings (SSSR count). The minimum absolute atomic E-state index is 0.00762. The van der Waals surface area contributed by atoms with Crippen LogP contribution < -0.4 is 10.2 Å². The van der Waals surface area contributed by atoms with Crippen LogP contribution in [0, 0.1) is 5.92 Å². The van der Waals surface area contributed by atoms with Crippen molar-refractivity contribution in [3.05, 3.63) is 23.8 Å². The zero-order chi connectivity index (χ0) is 19.6. The quantitative estimate of drug-likeness (QED) is 0.801. The Morgan fingerprint density at radius 3 is 2.52 bits per heavy atom. The molecular formula is C20H27N3O4. The maximum atomic E-state index is 12.8. The molecule has 2 aliphatic heterocycles. The van der Waals surface area contributed by atoms with Gasteiger partial charge in [-0.1, -0.05) is 0 Å². The lowest BCUT2D eigenvalue weighted by Gasteiger charge is -2.23. The van der Waals surface area contributed by atoms with E-state index < -0.39 is 5.97 Å². The molecule has 2 amide bonds. The van der Waals surface area contributed by atoms with E-state index in [1.807, 2.05) is 19.9 Å². The Morgan fingerprint density at radius 2 is 1.93 bits per heavy atom. The Hall–Kier alpha value is -2.57. The van der Waals surface area contributed by atoms with Gasteiger partial charge >= 0.3 is 5.97 Å². The minimum Gasteiger partial charge on any atom is -0.465 e. The first-order chi connectivity index (χ1) is 12.9. The largest absolute Gasteiger partial charge is 0.465 e. The highest BCUT2D eigenvalue weighted by molar-refractivity contribution is 6.01. The van der Waals surface area contributed by atoms with Gasteiger partial charge in [0.2, 0.25) is 11.8 Å². The number of esters is 1. The fourth-order valence-corrected chi connectivity index (χ4v) is 3.76. The second-order valence-corrected chi connectivity index (χ2v) is 7.45. The van der Waals surface area contributed by atoms with Crippen molar-refractivity contribution in [1.82, 2.24) is 4.90 Å². The van der Waals surface area contributed by atoms with Gasteiger partial charge in [-0.15, -0.1) is 0 Å². The number of hydrogen-bond acceptors (Lipinski definition) is 5. The number of likely N-dealkylation sites (tertiary alicyclic amines) is 1. The Balaban J connectivity index is 1.82. The summed E-state index contributed by atoms with van der Waals surface area (Å²) < 4.78 is 4.80. The second-order valence-electron chi connectivity index (χ2n) is 7.45. The summed E-state index contributed by atoms with van der Waals surface area (Å²) in [6, 6.07) is 5.31. The molecule has 2 aliphatic rings. The fraction of sp³-hybridized carbons (Fsp3) is 0.550. The van der Waals surface area contributed by atoms with Crippen LogP contribution in [0.2, 0.25) is 0 Å². The van der Waals surface area contributed by atoms with Gasteiger partial charge in [-0.3, -0.25) is 9.59 Å². The number of nitrogens with zero attached hydrogens (tertiary/aromatic N) is 2. The van der Waals surface area contributed by atoms with Crippen molar-refractivity contribution in [2.75, 3.05) is 37.0 Å². The lowest BCUT2D eigenvalue weighted by molar-refractivity contribution is -0.129. The first-order valence-electron chi connectivity index (χ1n) is 9.48. The van der Waals surface area contributed by atoms with Crippen LogP contribution >= 0.6 is 0 Å². The summed E-state index contributed by atoms with van der Waals surface area (Å²) in [5.41, 5.74) is 1.89. The van der Waals surface area contributed by atoms with E-state index in [-0.39, 0.29) is 30.2 Å². The average molecular weight is 373 g/mol. The van der Waals surface area contributed by atoms with Crippen LogP contribution in [0.5, 0.6) is 0 Å². The summed E-state index contributed by atoms with van der Waals surface area (Å²) in [4.78, 5) is 40.8. The molecule has 0 aromatic heterocycles. The second kappa shape index (κ2) is 7.98. The lowest BCUT2D eigenvalue weighted by Crippen LogP contribution is -2.33. The minimum atomic E-state index is -0.444. The molecule has 0 bridgehead atoms. The number of anilines is 2. The third kappa shape index (κ3) is 4.07. The number of carbonyl (C=O) groups is 3. The van der Waals surface area contributed by atoms with Gasteiger partial charge in [-0.25, -0.2) is 4.79 Å². The molecule has 1 aromatic rings. The normalized spacial score (nSPS) is 19.7. The highest BCUT2D eigenvalue weighted by Gasteiger charge is 2.35. The van der Waals surface area contributed by atoms with E-state index in [0.29, 0.717) is 17.8 Å². The van der Waals surface area contributed by atoms with Gasteiger partial charge in [0.1, 0.15) is 0 Å². The van der Waals surface area contributed by atoms with Crippen molar-refractivity contribution in [3.63, 3.8) is 0 Å². The Kier molecular flexibility index (Phi) is 5.68. The zero-order valence-corrected chi connectivity index (χ0v) is 16.2. The zero-order valence-electron chi connectivity index (χ0n) is 16.2. The van der Waals surface area contributed by atoms with Crippen molar-refractivity contribution in [1.29, 1.82) is 0 Å². The van der Waals surface area contributed by atoms with Gasteiger partial charge in [-0.2, -0.15) is 0 Å². The number of carbonyl (C=O) groups excluding carboxylic acids is 3. The topological polar surface area (TPSA) is 79.0 Å². The van der Waals surface area contributed by atoms with Crippen LogP contribution in [0.4, 0.5) is 11.4 Å². The van der Waals surface area contributed by atoms with Gasteiger partial charge < -0.3 is 19.9 Å². The fourth-order valence-electron chi connectivity index (χ4n) is 3.76. The molecule has 27 heavy (non-hydrogen) atoms. The summed E-state index contributed by atoms with van der Waals surface area (Å²) in [5.74, 6) is -1.00. The van der Waals surface area contributed by atoms with Crippen LogP contribution in [-0.2, 0) is 14.3 Å². The number of nitrogens with one attached hydrogen (secondary N) is 1. The smallest absolute Gasteiger partial charge is 0.337 e. The van der Waals surface area contributed by atoms with Crippen molar-refractivity contribution < 1.29 is 19.1 Å². The molecule has 1 unspecified atom stereocenters. The molecule has 7 nitrogen and oxygen atoms in total. The molecule has 0 spiro atoms. The van der Waals surface area contributed by atoms with Gasteiger partial charge in [0.25, 0.3) is 0 Å². The third-order valence-electron chi connectivity index (χ3n) is 5.27. The van der Waals surface area contributed by atoms with Crippen LogP contribution in [-0.4, -0.2) is 55.5 Å². The van der Waals surface area contributed by atoms with Crippen LogP contribution in [0.25, 0.3) is 0 Å². The molecule has 146 valence electrons. The first kappa shape index (κ1) is 19.2. The van der Waals surface area contributed by atoms with Crippen molar-refractivity contribution >= 4 is 29.2 Å². The molecule has 0 radical (unpaired) electrons. The van der Waals surface area contributed by atoms with Gasteiger partial charge in [0.05, 0.1) is 30.0 Å². The van der Waals surface area contributed by atoms with Gasteiger partial charge in [0, 0.05) is 32.1 Å². The number of ether oxygens (including phenoxy) is 1. The van der Waals surface area contributed by atoms with Crippen LogP contribution in [0.1, 0.15) is 43.5 Å². The van der Waals surface area contributed by atoms with E-state index in [0.717, 1.165) is 31.6 Å². The maximum absolute atomic E-state index is 12.8. The standard InChI is InChI=1S/C20H27N3O4/c1-13(2)23-12-15(11-18(23)24)19(25)21-16-10-14(20(26)27-3)6-7-17(16)22-8-4-5-9-22/h6-7,10,13,15H,4-5,8-9,11-12H2,1-3H3,(H,21,25). The van der Waals surface area contributed by atoms with E-state index in [9.17, 15) is 14.4 Å². The molecule has 7 heteroatoms. The van der Waals surface area contributed by atoms with Crippen molar-refractivity contribution in [2.45, 2.75) is 39.2 Å². The Morgan fingerprint density at radius 1 is 1.22 bits per heavy atom. The molecule has 1 N–H and O–H groups in total. The number of methoxy groups -OCH3 is 1. The molecule has 2 fully saturated rings. The number of hydrogen-bond donors (Lipinski definition) is 1. The highest BCUT2D eigenvalue weighted by atomic mass is 16.5. The molecule has 0 aliphatic carbocycles. The molecule has 2 heterocycles. The van der Waals surface area contributed by atoms with E-state index in [2.05, 4.69) is 10.2 Å². The summed E-state index contributed by atoms with van der Waals surface area (Å²) in [6.45, 7) is 6.16. The average Bonchev–Trinajstić information content (AvgIpc) is 3.30. The molecule has 1 atom stereocenters. The predicted molar refractivity (Wildman–Crippen MR) is 103 cm³/mol. The Bertz CT molecular complexity index is 741. The van der Waals surface area contributed by atoms with E-state index in [4.69, 9.17) is 4.74 Å².